The van der Waals surface area contributed by atoms with Crippen molar-refractivity contribution in [1.82, 2.24) is 0 Å². The van der Waals surface area contributed by atoms with Gasteiger partial charge in [0, 0.05) is 17.3 Å². The van der Waals surface area contributed by atoms with E-state index in [2.05, 4.69) is 6.07 Å². The van der Waals surface area contributed by atoms with Gasteiger partial charge in [0.25, 0.3) is 11.8 Å². The molecular formula is C25H16ClN3O2. The SMILES string of the molecule is N#Cc1ccc(N2C(=O)C(c3ccc(Cl)cc3)=C(N3CCc4ccccc43)C2=O)cc1. The van der Waals surface area contributed by atoms with Gasteiger partial charge in [0.15, 0.2) is 0 Å². The van der Waals surface area contributed by atoms with E-state index in [1.165, 1.54) is 4.90 Å². The highest BCUT2D eigenvalue weighted by molar-refractivity contribution is 6.46. The highest BCUT2D eigenvalue weighted by Gasteiger charge is 2.44. The maximum absolute atomic E-state index is 13.6. The van der Waals surface area contributed by atoms with Crippen molar-refractivity contribution in [2.24, 2.45) is 0 Å². The molecule has 2 heterocycles. The van der Waals surface area contributed by atoms with E-state index in [-0.39, 0.29) is 5.91 Å². The minimum atomic E-state index is -0.392. The Bertz CT molecular complexity index is 1290. The van der Waals surface area contributed by atoms with Crippen LogP contribution in [-0.4, -0.2) is 18.4 Å². The summed E-state index contributed by atoms with van der Waals surface area (Å²) in [5.74, 6) is -0.771. The lowest BCUT2D eigenvalue weighted by Gasteiger charge is -2.21. The second-order valence-corrected chi connectivity index (χ2v) is 7.80. The minimum absolute atomic E-state index is 0.350. The molecule has 2 aliphatic heterocycles. The summed E-state index contributed by atoms with van der Waals surface area (Å²) in [6, 6.07) is 23.3. The molecule has 5 rings (SSSR count). The van der Waals surface area contributed by atoms with Crippen LogP contribution in [0.5, 0.6) is 0 Å². The number of nitrogens with zero attached hydrogens (tertiary/aromatic N) is 3. The highest BCUT2D eigenvalue weighted by atomic mass is 35.5. The van der Waals surface area contributed by atoms with Gasteiger partial charge < -0.3 is 4.90 Å². The van der Waals surface area contributed by atoms with E-state index in [0.717, 1.165) is 17.7 Å². The molecule has 6 heteroatoms. The molecule has 0 bridgehead atoms. The van der Waals surface area contributed by atoms with Crippen molar-refractivity contribution in [2.75, 3.05) is 16.3 Å². The molecule has 0 aliphatic carbocycles. The molecule has 3 aromatic rings. The number of fused-ring (bicyclic) bond motifs is 1. The zero-order valence-corrected chi connectivity index (χ0v) is 17.1. The van der Waals surface area contributed by atoms with E-state index in [9.17, 15) is 9.59 Å². The van der Waals surface area contributed by atoms with Gasteiger partial charge in [-0.3, -0.25) is 9.59 Å². The zero-order chi connectivity index (χ0) is 21.5. The van der Waals surface area contributed by atoms with E-state index in [0.29, 0.717) is 39.7 Å². The average molecular weight is 426 g/mol. The molecule has 5 nitrogen and oxygen atoms in total. The number of para-hydroxylation sites is 1. The minimum Gasteiger partial charge on any atom is -0.336 e. The van der Waals surface area contributed by atoms with Crippen LogP contribution in [0.15, 0.2) is 78.5 Å². The highest BCUT2D eigenvalue weighted by Crippen LogP contribution is 2.40. The van der Waals surface area contributed by atoms with E-state index < -0.39 is 5.91 Å². The molecule has 2 aliphatic rings. The fraction of sp³-hybridized carbons (Fsp3) is 0.0800. The van der Waals surface area contributed by atoms with Crippen LogP contribution < -0.4 is 9.80 Å². The molecule has 0 N–H and O–H groups in total. The second kappa shape index (κ2) is 7.42. The van der Waals surface area contributed by atoms with Crippen molar-refractivity contribution in [3.8, 4) is 6.07 Å². The van der Waals surface area contributed by atoms with E-state index in [1.54, 1.807) is 48.5 Å². The molecule has 0 unspecified atom stereocenters. The van der Waals surface area contributed by atoms with E-state index in [1.807, 2.05) is 29.2 Å². The van der Waals surface area contributed by atoms with Crippen LogP contribution in [0.3, 0.4) is 0 Å². The fourth-order valence-corrected chi connectivity index (χ4v) is 4.26. The number of benzene rings is 3. The van der Waals surface area contributed by atoms with Crippen LogP contribution >= 0.6 is 11.6 Å². The smallest absolute Gasteiger partial charge is 0.282 e. The first-order chi connectivity index (χ1) is 15.1. The molecule has 0 radical (unpaired) electrons. The van der Waals surface area contributed by atoms with E-state index >= 15 is 0 Å². The number of anilines is 2. The van der Waals surface area contributed by atoms with Gasteiger partial charge in [-0.1, -0.05) is 41.9 Å². The lowest BCUT2D eigenvalue weighted by Crippen LogP contribution is -2.34. The number of amides is 2. The maximum Gasteiger partial charge on any atom is 0.282 e. The number of imide groups is 1. The average Bonchev–Trinajstić information content (AvgIpc) is 3.32. The quantitative estimate of drug-likeness (QED) is 0.577. The maximum atomic E-state index is 13.6. The number of hydrogen-bond acceptors (Lipinski definition) is 4. The van der Waals surface area contributed by atoms with Crippen molar-refractivity contribution in [3.63, 3.8) is 0 Å². The van der Waals surface area contributed by atoms with Crippen molar-refractivity contribution >= 4 is 40.4 Å². The molecule has 0 spiro atoms. The number of hydrogen-bond donors (Lipinski definition) is 0. The third-order valence-corrected chi connectivity index (χ3v) is 5.86. The summed E-state index contributed by atoms with van der Waals surface area (Å²) in [4.78, 5) is 30.3. The summed E-state index contributed by atoms with van der Waals surface area (Å²) < 4.78 is 0. The molecular weight excluding hydrogens is 410 g/mol. The predicted molar refractivity (Wildman–Crippen MR) is 120 cm³/mol. The first-order valence-electron chi connectivity index (χ1n) is 9.83. The summed E-state index contributed by atoms with van der Waals surface area (Å²) in [5, 5.41) is 9.62. The molecule has 3 aromatic carbocycles. The van der Waals surface area contributed by atoms with Crippen LogP contribution in [0, 0.1) is 11.3 Å². The van der Waals surface area contributed by atoms with Gasteiger partial charge in [-0.2, -0.15) is 5.26 Å². The normalized spacial score (nSPS) is 15.5. The van der Waals surface area contributed by atoms with Gasteiger partial charge in [-0.15, -0.1) is 0 Å². The second-order valence-electron chi connectivity index (χ2n) is 7.37. The van der Waals surface area contributed by atoms with Gasteiger partial charge in [-0.25, -0.2) is 4.90 Å². The largest absolute Gasteiger partial charge is 0.336 e. The topological polar surface area (TPSA) is 64.4 Å². The van der Waals surface area contributed by atoms with Crippen LogP contribution in [0.4, 0.5) is 11.4 Å². The van der Waals surface area contributed by atoms with Gasteiger partial charge in [-0.05, 0) is 60.0 Å². The number of rotatable bonds is 3. The summed E-state index contributed by atoms with van der Waals surface area (Å²) in [5.41, 5.74) is 4.32. The third-order valence-electron chi connectivity index (χ3n) is 5.60. The lowest BCUT2D eigenvalue weighted by atomic mass is 10.0. The van der Waals surface area contributed by atoms with Crippen molar-refractivity contribution in [1.29, 1.82) is 5.26 Å². The Morgan fingerprint density at radius 2 is 1.58 bits per heavy atom. The van der Waals surface area contributed by atoms with Gasteiger partial charge in [0.2, 0.25) is 0 Å². The third kappa shape index (κ3) is 3.09. The first-order valence-corrected chi connectivity index (χ1v) is 10.2. The monoisotopic (exact) mass is 425 g/mol. The Balaban J connectivity index is 1.66. The predicted octanol–water partition coefficient (Wildman–Crippen LogP) is 4.56. The van der Waals surface area contributed by atoms with Crippen molar-refractivity contribution < 1.29 is 9.59 Å². The zero-order valence-electron chi connectivity index (χ0n) is 16.4. The van der Waals surface area contributed by atoms with Gasteiger partial charge in [0.1, 0.15) is 5.70 Å². The fourth-order valence-electron chi connectivity index (χ4n) is 4.14. The number of nitriles is 1. The number of carbonyl (C=O) groups excluding carboxylic acids is 2. The molecule has 2 amide bonds. The summed E-state index contributed by atoms with van der Waals surface area (Å²) in [7, 11) is 0. The van der Waals surface area contributed by atoms with Crippen LogP contribution in [0.2, 0.25) is 5.02 Å². The molecule has 31 heavy (non-hydrogen) atoms. The Labute approximate surface area is 184 Å². The van der Waals surface area contributed by atoms with Crippen LogP contribution in [0.1, 0.15) is 16.7 Å². The van der Waals surface area contributed by atoms with Crippen LogP contribution in [0.25, 0.3) is 5.57 Å². The molecule has 0 atom stereocenters. The first kappa shape index (κ1) is 19.1. The van der Waals surface area contributed by atoms with Crippen molar-refractivity contribution in [2.45, 2.75) is 6.42 Å². The molecule has 0 saturated carbocycles. The van der Waals surface area contributed by atoms with Crippen molar-refractivity contribution in [3.05, 3.63) is 100 Å². The molecule has 150 valence electrons. The number of halogens is 1. The Morgan fingerprint density at radius 3 is 2.29 bits per heavy atom. The van der Waals surface area contributed by atoms with Gasteiger partial charge in [0.05, 0.1) is 22.9 Å². The summed E-state index contributed by atoms with van der Waals surface area (Å²) in [6.07, 6.45) is 0.798. The summed E-state index contributed by atoms with van der Waals surface area (Å²) in [6.45, 7) is 0.617. The molecule has 0 fully saturated rings. The Morgan fingerprint density at radius 1 is 0.871 bits per heavy atom. The molecule has 0 aromatic heterocycles. The van der Waals surface area contributed by atoms with Gasteiger partial charge >= 0.3 is 0 Å². The Kier molecular flexibility index (Phi) is 4.58. The lowest BCUT2D eigenvalue weighted by molar-refractivity contribution is -0.120. The van der Waals surface area contributed by atoms with E-state index in [4.69, 9.17) is 16.9 Å². The standard InChI is InChI=1S/C25H16ClN3O2/c26-19-9-7-18(8-10-19)22-23(28-14-13-17-3-1-2-4-21(17)28)25(31)29(24(22)30)20-11-5-16(15-27)6-12-20/h1-12H,13-14H2. The summed E-state index contributed by atoms with van der Waals surface area (Å²) >= 11 is 6.05. The number of carbonyl (C=O) groups is 2. The Hall–Kier alpha value is -3.88. The van der Waals surface area contributed by atoms with Crippen LogP contribution in [-0.2, 0) is 16.0 Å². The molecule has 0 saturated heterocycles.